The monoisotopic (exact) mass is 235 g/mol. The van der Waals surface area contributed by atoms with E-state index >= 15 is 0 Å². The summed E-state index contributed by atoms with van der Waals surface area (Å²) in [6.45, 7) is 3.70. The smallest absolute Gasteiger partial charge is 0.315 e. The molecule has 0 aromatic carbocycles. The van der Waals surface area contributed by atoms with E-state index in [0.717, 1.165) is 25.3 Å². The van der Waals surface area contributed by atoms with Gasteiger partial charge in [0.2, 0.25) is 0 Å². The normalized spacial score (nSPS) is 17.2. The van der Waals surface area contributed by atoms with Gasteiger partial charge in [-0.25, -0.2) is 0 Å². The molecule has 1 saturated heterocycles. The van der Waals surface area contributed by atoms with Crippen LogP contribution >= 0.6 is 0 Å². The first-order valence-electron chi connectivity index (χ1n) is 5.96. The predicted octanol–water partition coefficient (Wildman–Crippen LogP) is 1.76. The lowest BCUT2D eigenvalue weighted by Gasteiger charge is -2.28. The van der Waals surface area contributed by atoms with Gasteiger partial charge in [-0.05, 0) is 25.5 Å². The Labute approximate surface area is 101 Å². The van der Waals surface area contributed by atoms with Gasteiger partial charge in [-0.3, -0.25) is 9.78 Å². The van der Waals surface area contributed by atoms with Gasteiger partial charge in [0.05, 0.1) is 31.4 Å². The fourth-order valence-corrected chi connectivity index (χ4v) is 1.92. The van der Waals surface area contributed by atoms with Crippen LogP contribution in [0.1, 0.15) is 25.0 Å². The first-order chi connectivity index (χ1) is 8.31. The molecule has 4 heteroatoms. The molecule has 0 saturated carbocycles. The van der Waals surface area contributed by atoms with E-state index < -0.39 is 0 Å². The van der Waals surface area contributed by atoms with E-state index in [4.69, 9.17) is 9.47 Å². The van der Waals surface area contributed by atoms with Gasteiger partial charge in [-0.15, -0.1) is 0 Å². The van der Waals surface area contributed by atoms with Gasteiger partial charge in [-0.2, -0.15) is 0 Å². The second-order valence-corrected chi connectivity index (χ2v) is 4.20. The molecule has 2 rings (SSSR count). The van der Waals surface area contributed by atoms with Crippen LogP contribution in [-0.4, -0.2) is 30.8 Å². The molecule has 1 aromatic rings. The van der Waals surface area contributed by atoms with Crippen LogP contribution in [0.2, 0.25) is 0 Å². The quantitative estimate of drug-likeness (QED) is 0.730. The predicted molar refractivity (Wildman–Crippen MR) is 62.5 cm³/mol. The summed E-state index contributed by atoms with van der Waals surface area (Å²) >= 11 is 0. The summed E-state index contributed by atoms with van der Waals surface area (Å²) in [7, 11) is 0. The highest BCUT2D eigenvalue weighted by atomic mass is 16.5. The Morgan fingerprint density at radius 1 is 1.59 bits per heavy atom. The number of ether oxygens (including phenoxy) is 2. The average molecular weight is 235 g/mol. The summed E-state index contributed by atoms with van der Waals surface area (Å²) in [5.74, 6) is 0.00885. The molecule has 1 atom stereocenters. The molecule has 0 radical (unpaired) electrons. The zero-order valence-electron chi connectivity index (χ0n) is 9.96. The Kier molecular flexibility index (Phi) is 4.09. The molecular weight excluding hydrogens is 218 g/mol. The van der Waals surface area contributed by atoms with E-state index in [-0.39, 0.29) is 11.9 Å². The summed E-state index contributed by atoms with van der Waals surface area (Å²) in [6, 6.07) is 5.62. The number of hydrogen-bond acceptors (Lipinski definition) is 4. The highest BCUT2D eigenvalue weighted by molar-refractivity contribution is 5.77. The molecule has 2 heterocycles. The van der Waals surface area contributed by atoms with Crippen molar-refractivity contribution in [2.24, 2.45) is 5.92 Å². The fourth-order valence-electron chi connectivity index (χ4n) is 1.92. The number of rotatable bonds is 5. The molecule has 0 amide bonds. The molecular formula is C13H17NO3. The molecule has 1 aromatic heterocycles. The van der Waals surface area contributed by atoms with E-state index in [0.29, 0.717) is 12.5 Å². The van der Waals surface area contributed by atoms with Crippen molar-refractivity contribution in [3.63, 3.8) is 0 Å². The molecule has 1 aliphatic rings. The number of aromatic nitrogens is 1. The molecule has 1 fully saturated rings. The molecule has 0 N–H and O–H groups in total. The minimum atomic E-state index is -0.259. The number of esters is 1. The fraction of sp³-hybridized carbons (Fsp3) is 0.538. The topological polar surface area (TPSA) is 48.4 Å². The van der Waals surface area contributed by atoms with Gasteiger partial charge < -0.3 is 9.47 Å². The van der Waals surface area contributed by atoms with E-state index in [1.54, 1.807) is 6.20 Å². The first kappa shape index (κ1) is 12.0. The maximum Gasteiger partial charge on any atom is 0.315 e. The number of carbonyl (C=O) groups is 1. The second-order valence-electron chi connectivity index (χ2n) is 4.20. The summed E-state index contributed by atoms with van der Waals surface area (Å²) in [5, 5.41) is 0. The van der Waals surface area contributed by atoms with Crippen molar-refractivity contribution in [3.8, 4) is 0 Å². The van der Waals surface area contributed by atoms with Crippen LogP contribution in [0.5, 0.6) is 0 Å². The van der Waals surface area contributed by atoms with Crippen LogP contribution in [0.3, 0.4) is 0 Å². The molecule has 92 valence electrons. The van der Waals surface area contributed by atoms with Crippen molar-refractivity contribution in [2.75, 3.05) is 19.8 Å². The second kappa shape index (κ2) is 5.77. The highest BCUT2D eigenvalue weighted by Gasteiger charge is 2.30. The lowest BCUT2D eigenvalue weighted by molar-refractivity contribution is -0.146. The van der Waals surface area contributed by atoms with Gasteiger partial charge in [0.1, 0.15) is 0 Å². The van der Waals surface area contributed by atoms with Crippen molar-refractivity contribution < 1.29 is 14.3 Å². The number of pyridine rings is 1. The number of hydrogen-bond donors (Lipinski definition) is 0. The maximum atomic E-state index is 11.9. The summed E-state index contributed by atoms with van der Waals surface area (Å²) in [6.07, 6.45) is 2.47. The molecule has 17 heavy (non-hydrogen) atoms. The standard InChI is InChI=1S/C13H17NO3/c1-2-17-13(15)11(7-10-8-16-9-10)12-5-3-4-6-14-12/h3-6,10-11H,2,7-9H2,1H3. The van der Waals surface area contributed by atoms with Crippen LogP contribution in [0.15, 0.2) is 24.4 Å². The Morgan fingerprint density at radius 2 is 2.41 bits per heavy atom. The van der Waals surface area contributed by atoms with Gasteiger partial charge >= 0.3 is 5.97 Å². The Balaban J connectivity index is 2.08. The van der Waals surface area contributed by atoms with Crippen LogP contribution in [0, 0.1) is 5.92 Å². The van der Waals surface area contributed by atoms with Gasteiger partial charge in [-0.1, -0.05) is 6.07 Å². The van der Waals surface area contributed by atoms with Gasteiger partial charge in [0.25, 0.3) is 0 Å². The summed E-state index contributed by atoms with van der Waals surface area (Å²) in [4.78, 5) is 16.2. The molecule has 1 unspecified atom stereocenters. The molecule has 1 aliphatic heterocycles. The Hall–Kier alpha value is -1.42. The minimum Gasteiger partial charge on any atom is -0.465 e. The maximum absolute atomic E-state index is 11.9. The largest absolute Gasteiger partial charge is 0.465 e. The lowest BCUT2D eigenvalue weighted by Crippen LogP contribution is -2.31. The summed E-state index contributed by atoms with van der Waals surface area (Å²) in [5.41, 5.74) is 0.790. The van der Waals surface area contributed by atoms with E-state index in [1.807, 2.05) is 25.1 Å². The lowest BCUT2D eigenvalue weighted by atomic mass is 9.90. The third-order valence-electron chi connectivity index (χ3n) is 2.89. The van der Waals surface area contributed by atoms with E-state index in [1.165, 1.54) is 0 Å². The Bertz CT molecular complexity index is 362. The van der Waals surface area contributed by atoms with Gasteiger partial charge in [0, 0.05) is 12.1 Å². The number of nitrogens with zero attached hydrogens (tertiary/aromatic N) is 1. The molecule has 0 spiro atoms. The molecule has 0 bridgehead atoms. The number of carbonyl (C=O) groups excluding carboxylic acids is 1. The SMILES string of the molecule is CCOC(=O)C(CC1COC1)c1ccccn1. The van der Waals surface area contributed by atoms with Crippen molar-refractivity contribution in [1.29, 1.82) is 0 Å². The average Bonchev–Trinajstić information content (AvgIpc) is 2.29. The van der Waals surface area contributed by atoms with Crippen molar-refractivity contribution in [3.05, 3.63) is 30.1 Å². The third-order valence-corrected chi connectivity index (χ3v) is 2.89. The zero-order chi connectivity index (χ0) is 12.1. The Morgan fingerprint density at radius 3 is 2.94 bits per heavy atom. The van der Waals surface area contributed by atoms with Crippen molar-refractivity contribution in [2.45, 2.75) is 19.3 Å². The summed E-state index contributed by atoms with van der Waals surface area (Å²) < 4.78 is 10.2. The van der Waals surface area contributed by atoms with Crippen LogP contribution in [-0.2, 0) is 14.3 Å². The van der Waals surface area contributed by atoms with Gasteiger partial charge in [0.15, 0.2) is 0 Å². The highest BCUT2D eigenvalue weighted by Crippen LogP contribution is 2.27. The molecule has 0 aliphatic carbocycles. The van der Waals surface area contributed by atoms with Crippen molar-refractivity contribution in [1.82, 2.24) is 4.98 Å². The van der Waals surface area contributed by atoms with Crippen LogP contribution in [0.4, 0.5) is 0 Å². The van der Waals surface area contributed by atoms with Crippen LogP contribution < -0.4 is 0 Å². The zero-order valence-corrected chi connectivity index (χ0v) is 9.96. The van der Waals surface area contributed by atoms with E-state index in [9.17, 15) is 4.79 Å². The van der Waals surface area contributed by atoms with E-state index in [2.05, 4.69) is 4.98 Å². The van der Waals surface area contributed by atoms with Crippen LogP contribution in [0.25, 0.3) is 0 Å². The molecule has 4 nitrogen and oxygen atoms in total. The minimum absolute atomic E-state index is 0.182. The third kappa shape index (κ3) is 3.03. The van der Waals surface area contributed by atoms with Crippen molar-refractivity contribution >= 4 is 5.97 Å². The first-order valence-corrected chi connectivity index (χ1v) is 5.96.